The summed E-state index contributed by atoms with van der Waals surface area (Å²) in [5.41, 5.74) is 0. The van der Waals surface area contributed by atoms with Crippen molar-refractivity contribution in [3.63, 3.8) is 0 Å². The highest BCUT2D eigenvalue weighted by Crippen LogP contribution is 1.75. The van der Waals surface area contributed by atoms with Crippen LogP contribution in [-0.2, 0) is 4.65 Å². The summed E-state index contributed by atoms with van der Waals surface area (Å²) < 4.78 is 4.58. The lowest BCUT2D eigenvalue weighted by atomic mass is 10.4. The number of nitrogens with zero attached hydrogens (tertiary/aromatic N) is 1. The summed E-state index contributed by atoms with van der Waals surface area (Å²) in [4.78, 5) is 3.88. The zero-order valence-electron chi connectivity index (χ0n) is 5.85. The van der Waals surface area contributed by atoms with Crippen LogP contribution in [0.3, 0.4) is 0 Å². The second-order valence-electron chi connectivity index (χ2n) is 1.42. The predicted molar refractivity (Wildman–Crippen MR) is 41.1 cm³/mol. The van der Waals surface area contributed by atoms with Crippen LogP contribution in [0, 0.1) is 11.8 Å². The highest BCUT2D eigenvalue weighted by Gasteiger charge is 1.72. The average molecular weight is 123 g/mol. The maximum atomic E-state index is 4.58. The molecule has 2 nitrogen and oxygen atoms in total. The van der Waals surface area contributed by atoms with Gasteiger partial charge in [0.1, 0.15) is 0 Å². The van der Waals surface area contributed by atoms with Gasteiger partial charge in [0.05, 0.1) is 6.54 Å². The fourth-order valence-corrected chi connectivity index (χ4v) is 0.373. The number of rotatable bonds is 3. The Morgan fingerprint density at radius 3 is 3.11 bits per heavy atom. The molecule has 0 aromatic heterocycles. The third kappa shape index (κ3) is 7.09. The molecule has 0 atom stereocenters. The van der Waals surface area contributed by atoms with Gasteiger partial charge in [-0.1, -0.05) is 0 Å². The van der Waals surface area contributed by atoms with Crippen molar-refractivity contribution in [2.24, 2.45) is 4.99 Å². The second kappa shape index (κ2) is 7.09. The van der Waals surface area contributed by atoms with E-state index in [4.69, 9.17) is 0 Å². The van der Waals surface area contributed by atoms with E-state index < -0.39 is 0 Å². The molecule has 0 heterocycles. The van der Waals surface area contributed by atoms with Crippen LogP contribution < -0.4 is 0 Å². The highest BCUT2D eigenvalue weighted by atomic mass is 16.4. The molecule has 0 saturated carbocycles. The molecule has 0 saturated heterocycles. The van der Waals surface area contributed by atoms with Gasteiger partial charge in [0.25, 0.3) is 0 Å². The molecule has 0 N–H and O–H groups in total. The Balaban J connectivity index is 3.06. The summed E-state index contributed by atoms with van der Waals surface area (Å²) in [6.07, 6.45) is 2.24. The van der Waals surface area contributed by atoms with Crippen LogP contribution in [0.5, 0.6) is 0 Å². The van der Waals surface area contributed by atoms with Crippen molar-refractivity contribution in [2.45, 2.75) is 13.3 Å². The Kier molecular flexibility index (Phi) is 6.38. The van der Waals surface area contributed by atoms with Crippen molar-refractivity contribution in [3.8, 4) is 11.8 Å². The summed E-state index contributed by atoms with van der Waals surface area (Å²) in [5, 5.41) is 0. The quantitative estimate of drug-likeness (QED) is 0.170. The molecule has 0 spiro atoms. The van der Waals surface area contributed by atoms with Gasteiger partial charge in [-0.05, 0) is 6.92 Å². The Bertz CT molecular complexity index is 134. The summed E-state index contributed by atoms with van der Waals surface area (Å²) in [7, 11) is 1.58. The summed E-state index contributed by atoms with van der Waals surface area (Å²) in [6.45, 7) is 2.55. The minimum atomic E-state index is 0.731. The molecule has 0 radical (unpaired) electrons. The minimum absolute atomic E-state index is 0.731. The van der Waals surface area contributed by atoms with Gasteiger partial charge in [-0.3, -0.25) is 4.99 Å². The number of aliphatic imine (C=N–C) groups is 1. The molecule has 0 bridgehead atoms. The Morgan fingerprint density at radius 2 is 2.56 bits per heavy atom. The van der Waals surface area contributed by atoms with Crippen molar-refractivity contribution < 1.29 is 4.65 Å². The van der Waals surface area contributed by atoms with Crippen molar-refractivity contribution >= 4 is 14.4 Å². The van der Waals surface area contributed by atoms with Crippen LogP contribution in [-0.4, -0.2) is 21.0 Å². The molecule has 3 heteroatoms. The van der Waals surface area contributed by atoms with Crippen molar-refractivity contribution in [1.29, 1.82) is 0 Å². The molecule has 0 amide bonds. The second-order valence-corrected chi connectivity index (χ2v) is 1.42. The Hall–Kier alpha value is -0.905. The molecule has 0 unspecified atom stereocenters. The standard InChI is InChI=1S/C6H10BNO/c1-2-3-4-5-8-6-9-7/h6H,4-5,7H2,1H3. The SMILES string of the molecule is BOC=NCCC#CC. The lowest BCUT2D eigenvalue weighted by molar-refractivity contribution is 0.635. The van der Waals surface area contributed by atoms with E-state index >= 15 is 0 Å². The van der Waals surface area contributed by atoms with Crippen LogP contribution in [0.1, 0.15) is 13.3 Å². The molecular formula is C6H10BNO. The van der Waals surface area contributed by atoms with Gasteiger partial charge in [0.2, 0.25) is 0 Å². The number of hydrogen-bond acceptors (Lipinski definition) is 2. The van der Waals surface area contributed by atoms with Gasteiger partial charge in [-0.15, -0.1) is 11.8 Å². The number of hydrogen-bond donors (Lipinski definition) is 0. The van der Waals surface area contributed by atoms with E-state index in [0.29, 0.717) is 0 Å². The van der Waals surface area contributed by atoms with Crippen LogP contribution in [0.4, 0.5) is 0 Å². The van der Waals surface area contributed by atoms with E-state index in [2.05, 4.69) is 21.5 Å². The lowest BCUT2D eigenvalue weighted by Crippen LogP contribution is -1.82. The monoisotopic (exact) mass is 123 g/mol. The van der Waals surface area contributed by atoms with Crippen LogP contribution in [0.2, 0.25) is 0 Å². The maximum absolute atomic E-state index is 4.58. The zero-order chi connectivity index (χ0) is 6.95. The molecule has 0 aromatic rings. The van der Waals surface area contributed by atoms with Crippen molar-refractivity contribution in [3.05, 3.63) is 0 Å². The summed E-state index contributed by atoms with van der Waals surface area (Å²) in [5.74, 6) is 5.67. The van der Waals surface area contributed by atoms with E-state index in [1.54, 1.807) is 8.05 Å². The zero-order valence-corrected chi connectivity index (χ0v) is 5.85. The Morgan fingerprint density at radius 1 is 1.78 bits per heavy atom. The minimum Gasteiger partial charge on any atom is -0.560 e. The summed E-state index contributed by atoms with van der Waals surface area (Å²) >= 11 is 0. The molecular weight excluding hydrogens is 113 g/mol. The molecule has 9 heavy (non-hydrogen) atoms. The van der Waals surface area contributed by atoms with Crippen molar-refractivity contribution in [2.75, 3.05) is 6.54 Å². The predicted octanol–water partition coefficient (Wildman–Crippen LogP) is -0.00720. The van der Waals surface area contributed by atoms with Gasteiger partial charge in [0, 0.05) is 6.42 Å². The molecule has 0 aliphatic carbocycles. The fraction of sp³-hybridized carbons (Fsp3) is 0.500. The van der Waals surface area contributed by atoms with E-state index in [9.17, 15) is 0 Å². The maximum Gasteiger partial charge on any atom is 0.323 e. The van der Waals surface area contributed by atoms with Gasteiger partial charge in [-0.25, -0.2) is 0 Å². The molecule has 0 fully saturated rings. The molecule has 0 aromatic carbocycles. The van der Waals surface area contributed by atoms with Crippen molar-refractivity contribution in [1.82, 2.24) is 0 Å². The van der Waals surface area contributed by atoms with E-state index in [1.807, 2.05) is 6.92 Å². The lowest BCUT2D eigenvalue weighted by Gasteiger charge is -1.84. The van der Waals surface area contributed by atoms with Crippen LogP contribution in [0.15, 0.2) is 4.99 Å². The summed E-state index contributed by atoms with van der Waals surface area (Å²) in [6, 6.07) is 0. The van der Waals surface area contributed by atoms with Gasteiger partial charge in [-0.2, -0.15) is 0 Å². The van der Waals surface area contributed by atoms with Gasteiger partial charge >= 0.3 is 8.05 Å². The first kappa shape index (κ1) is 8.09. The first-order valence-corrected chi connectivity index (χ1v) is 2.82. The topological polar surface area (TPSA) is 21.6 Å². The van der Waals surface area contributed by atoms with E-state index in [-0.39, 0.29) is 0 Å². The Labute approximate surface area is 56.8 Å². The van der Waals surface area contributed by atoms with Gasteiger partial charge in [0.15, 0.2) is 6.40 Å². The molecule has 48 valence electrons. The normalized spacial score (nSPS) is 8.56. The largest absolute Gasteiger partial charge is 0.560 e. The smallest absolute Gasteiger partial charge is 0.323 e. The first-order valence-electron chi connectivity index (χ1n) is 2.82. The molecule has 0 aliphatic rings. The molecule has 0 aliphatic heterocycles. The van der Waals surface area contributed by atoms with Crippen LogP contribution in [0.25, 0.3) is 0 Å². The first-order chi connectivity index (χ1) is 4.41. The highest BCUT2D eigenvalue weighted by molar-refractivity contribution is 6.02. The third-order valence-corrected chi connectivity index (χ3v) is 0.723. The molecule has 0 rings (SSSR count). The fourth-order valence-electron chi connectivity index (χ4n) is 0.373. The average Bonchev–Trinajstić information content (AvgIpc) is 1.89. The van der Waals surface area contributed by atoms with E-state index in [1.165, 1.54) is 6.40 Å². The third-order valence-electron chi connectivity index (χ3n) is 0.723. The van der Waals surface area contributed by atoms with E-state index in [0.717, 1.165) is 13.0 Å². The van der Waals surface area contributed by atoms with Gasteiger partial charge < -0.3 is 4.65 Å². The van der Waals surface area contributed by atoms with Crippen LogP contribution >= 0.6 is 0 Å².